The van der Waals surface area contributed by atoms with Crippen molar-refractivity contribution in [3.05, 3.63) is 29.8 Å². The number of carbonyl (C=O) groups is 1. The molecular formula is C20H26N4O2. The van der Waals surface area contributed by atoms with Gasteiger partial charge in [-0.25, -0.2) is 4.79 Å². The number of fused-ring (bicyclic) bond motifs is 2. The number of hydrogen-bond donors (Lipinski definition) is 2. The Morgan fingerprint density at radius 2 is 1.96 bits per heavy atom. The number of piperidine rings is 1. The number of nitrogens with one attached hydrogen (secondary N) is 2. The fourth-order valence-corrected chi connectivity index (χ4v) is 4.41. The molecular weight excluding hydrogens is 328 g/mol. The average Bonchev–Trinajstić information content (AvgIpc) is 3.07. The molecule has 0 aromatic heterocycles. The maximum atomic E-state index is 12.6. The zero-order valence-electron chi connectivity index (χ0n) is 15.0. The van der Waals surface area contributed by atoms with Gasteiger partial charge in [-0.15, -0.1) is 0 Å². The summed E-state index contributed by atoms with van der Waals surface area (Å²) >= 11 is 0. The summed E-state index contributed by atoms with van der Waals surface area (Å²) in [6.45, 7) is 2.49. The van der Waals surface area contributed by atoms with Crippen molar-refractivity contribution in [2.75, 3.05) is 19.6 Å². The van der Waals surface area contributed by atoms with Crippen LogP contribution in [-0.4, -0.2) is 48.8 Å². The second-order valence-electron chi connectivity index (χ2n) is 7.67. The normalized spacial score (nSPS) is 28.4. The van der Waals surface area contributed by atoms with E-state index in [4.69, 9.17) is 10.00 Å². The first-order valence-electron chi connectivity index (χ1n) is 9.67. The molecule has 1 aromatic carbocycles. The van der Waals surface area contributed by atoms with Gasteiger partial charge in [0.15, 0.2) is 0 Å². The molecule has 2 saturated heterocycles. The number of rotatable bonds is 3. The van der Waals surface area contributed by atoms with Crippen LogP contribution in [-0.2, 0) is 0 Å². The van der Waals surface area contributed by atoms with Gasteiger partial charge >= 0.3 is 6.03 Å². The number of benzene rings is 1. The molecule has 3 atom stereocenters. The SMILES string of the molecule is N#Cc1ccc(OC2CCN(C(=O)NC3CCC4CC3CN4)CC2)cc1. The van der Waals surface area contributed by atoms with E-state index >= 15 is 0 Å². The van der Waals surface area contributed by atoms with E-state index in [0.29, 0.717) is 23.6 Å². The molecule has 2 aliphatic heterocycles. The first-order valence-corrected chi connectivity index (χ1v) is 9.67. The number of likely N-dealkylation sites (tertiary alicyclic amines) is 1. The Hall–Kier alpha value is -2.26. The highest BCUT2D eigenvalue weighted by Gasteiger charge is 2.37. The molecule has 2 bridgehead atoms. The van der Waals surface area contributed by atoms with Crippen LogP contribution in [0.25, 0.3) is 0 Å². The largest absolute Gasteiger partial charge is 0.490 e. The van der Waals surface area contributed by atoms with E-state index < -0.39 is 0 Å². The highest BCUT2D eigenvalue weighted by Crippen LogP contribution is 2.29. The predicted molar refractivity (Wildman–Crippen MR) is 97.8 cm³/mol. The summed E-state index contributed by atoms with van der Waals surface area (Å²) in [5.74, 6) is 1.38. The number of ether oxygens (including phenoxy) is 1. The Kier molecular flexibility index (Phi) is 4.98. The Bertz CT molecular complexity index is 676. The second kappa shape index (κ2) is 7.55. The van der Waals surface area contributed by atoms with E-state index in [-0.39, 0.29) is 12.1 Å². The lowest BCUT2D eigenvalue weighted by Gasteiger charge is -2.35. The lowest BCUT2D eigenvalue weighted by atomic mass is 9.86. The molecule has 3 unspecified atom stereocenters. The number of amides is 2. The Morgan fingerprint density at radius 1 is 1.19 bits per heavy atom. The minimum absolute atomic E-state index is 0.0807. The number of carbonyl (C=O) groups excluding carboxylic acids is 1. The van der Waals surface area contributed by atoms with Crippen molar-refractivity contribution in [3.8, 4) is 11.8 Å². The summed E-state index contributed by atoms with van der Waals surface area (Å²) in [5.41, 5.74) is 0.635. The summed E-state index contributed by atoms with van der Waals surface area (Å²) < 4.78 is 6.00. The fraction of sp³-hybridized carbons (Fsp3) is 0.600. The zero-order valence-corrected chi connectivity index (χ0v) is 15.0. The summed E-state index contributed by atoms with van der Waals surface area (Å²) in [7, 11) is 0. The van der Waals surface area contributed by atoms with E-state index in [1.807, 2.05) is 17.0 Å². The average molecular weight is 354 g/mol. The van der Waals surface area contributed by atoms with Crippen LogP contribution in [0, 0.1) is 17.2 Å². The maximum Gasteiger partial charge on any atom is 0.317 e. The van der Waals surface area contributed by atoms with Crippen LogP contribution in [0.5, 0.6) is 5.75 Å². The Balaban J connectivity index is 1.24. The molecule has 26 heavy (non-hydrogen) atoms. The van der Waals surface area contributed by atoms with Gasteiger partial charge in [0, 0.05) is 44.6 Å². The van der Waals surface area contributed by atoms with Crippen LogP contribution in [0.3, 0.4) is 0 Å². The summed E-state index contributed by atoms with van der Waals surface area (Å²) in [4.78, 5) is 14.5. The predicted octanol–water partition coefficient (Wildman–Crippen LogP) is 2.25. The van der Waals surface area contributed by atoms with Crippen molar-refractivity contribution in [3.63, 3.8) is 0 Å². The third-order valence-corrected chi connectivity index (χ3v) is 5.98. The quantitative estimate of drug-likeness (QED) is 0.873. The molecule has 3 aliphatic rings. The Labute approximate surface area is 154 Å². The van der Waals surface area contributed by atoms with Gasteiger partial charge in [-0.3, -0.25) is 0 Å². The van der Waals surface area contributed by atoms with Crippen molar-refractivity contribution < 1.29 is 9.53 Å². The molecule has 2 heterocycles. The molecule has 1 saturated carbocycles. The Morgan fingerprint density at radius 3 is 2.69 bits per heavy atom. The molecule has 6 heteroatoms. The van der Waals surface area contributed by atoms with Crippen LogP contribution >= 0.6 is 0 Å². The summed E-state index contributed by atoms with van der Waals surface area (Å²) in [6.07, 6.45) is 5.26. The van der Waals surface area contributed by atoms with E-state index in [1.165, 1.54) is 12.8 Å². The highest BCUT2D eigenvalue weighted by molar-refractivity contribution is 5.74. The standard InChI is InChI=1S/C20H26N4O2/c21-12-14-1-4-17(5-2-14)26-18-7-9-24(10-8-18)20(25)23-19-6-3-16-11-15(19)13-22-16/h1-2,4-5,15-16,18-19,22H,3,6-11,13H2,(H,23,25). The van der Waals surface area contributed by atoms with Gasteiger partial charge in [0.2, 0.25) is 0 Å². The van der Waals surface area contributed by atoms with Gasteiger partial charge in [0.1, 0.15) is 11.9 Å². The van der Waals surface area contributed by atoms with Gasteiger partial charge in [-0.1, -0.05) is 0 Å². The topological polar surface area (TPSA) is 77.4 Å². The molecule has 2 N–H and O–H groups in total. The van der Waals surface area contributed by atoms with Gasteiger partial charge < -0.3 is 20.3 Å². The van der Waals surface area contributed by atoms with Crippen LogP contribution in [0.4, 0.5) is 4.79 Å². The highest BCUT2D eigenvalue weighted by atomic mass is 16.5. The van der Waals surface area contributed by atoms with Crippen LogP contribution in [0.1, 0.15) is 37.7 Å². The van der Waals surface area contributed by atoms with Crippen molar-refractivity contribution >= 4 is 6.03 Å². The van der Waals surface area contributed by atoms with Crippen molar-refractivity contribution in [1.82, 2.24) is 15.5 Å². The van der Waals surface area contributed by atoms with Crippen LogP contribution < -0.4 is 15.4 Å². The molecule has 0 spiro atoms. The van der Waals surface area contributed by atoms with Gasteiger partial charge in [-0.05, 0) is 49.4 Å². The van der Waals surface area contributed by atoms with Gasteiger partial charge in [0.05, 0.1) is 11.6 Å². The third-order valence-electron chi connectivity index (χ3n) is 5.98. The molecule has 2 amide bonds. The van der Waals surface area contributed by atoms with Crippen LogP contribution in [0.2, 0.25) is 0 Å². The van der Waals surface area contributed by atoms with E-state index in [2.05, 4.69) is 16.7 Å². The van der Waals surface area contributed by atoms with E-state index in [0.717, 1.165) is 44.6 Å². The molecule has 1 aliphatic carbocycles. The van der Waals surface area contributed by atoms with Crippen molar-refractivity contribution in [2.45, 2.75) is 50.3 Å². The zero-order chi connectivity index (χ0) is 17.9. The van der Waals surface area contributed by atoms with Crippen molar-refractivity contribution in [1.29, 1.82) is 5.26 Å². The first kappa shape index (κ1) is 17.2. The number of nitriles is 1. The lowest BCUT2D eigenvalue weighted by molar-refractivity contribution is 0.108. The minimum Gasteiger partial charge on any atom is -0.490 e. The third kappa shape index (κ3) is 3.78. The number of hydrogen-bond acceptors (Lipinski definition) is 4. The molecule has 3 fully saturated rings. The molecule has 6 nitrogen and oxygen atoms in total. The van der Waals surface area contributed by atoms with E-state index in [9.17, 15) is 4.79 Å². The molecule has 0 radical (unpaired) electrons. The van der Waals surface area contributed by atoms with E-state index in [1.54, 1.807) is 12.1 Å². The minimum atomic E-state index is 0.0807. The first-order chi connectivity index (χ1) is 12.7. The number of urea groups is 1. The second-order valence-corrected chi connectivity index (χ2v) is 7.67. The molecule has 4 rings (SSSR count). The van der Waals surface area contributed by atoms with Crippen molar-refractivity contribution in [2.24, 2.45) is 5.92 Å². The fourth-order valence-electron chi connectivity index (χ4n) is 4.41. The molecule has 1 aromatic rings. The smallest absolute Gasteiger partial charge is 0.317 e. The maximum absolute atomic E-state index is 12.6. The summed E-state index contributed by atoms with van der Waals surface area (Å²) in [6, 6.07) is 10.4. The van der Waals surface area contributed by atoms with Crippen LogP contribution in [0.15, 0.2) is 24.3 Å². The lowest BCUT2D eigenvalue weighted by Crippen LogP contribution is -2.51. The number of nitrogens with zero attached hydrogens (tertiary/aromatic N) is 2. The van der Waals surface area contributed by atoms with Gasteiger partial charge in [-0.2, -0.15) is 5.26 Å². The monoisotopic (exact) mass is 354 g/mol. The molecule has 138 valence electrons. The van der Waals surface area contributed by atoms with Gasteiger partial charge in [0.25, 0.3) is 0 Å². The summed E-state index contributed by atoms with van der Waals surface area (Å²) in [5, 5.41) is 15.7.